The Morgan fingerprint density at radius 3 is 2.12 bits per heavy atom. The van der Waals surface area contributed by atoms with Crippen LogP contribution in [0.5, 0.6) is 5.75 Å². The van der Waals surface area contributed by atoms with Crippen molar-refractivity contribution in [2.75, 3.05) is 19.7 Å². The fraction of sp³-hybridized carbons (Fsp3) is 0.286. The number of nitrogens with one attached hydrogen (secondary N) is 2. The van der Waals surface area contributed by atoms with Crippen LogP contribution in [0.3, 0.4) is 0 Å². The van der Waals surface area contributed by atoms with Crippen molar-refractivity contribution in [2.24, 2.45) is 5.92 Å². The minimum atomic E-state index is -0.311. The molecule has 0 saturated carbocycles. The Morgan fingerprint density at radius 1 is 0.848 bits per heavy atom. The first-order chi connectivity index (χ1) is 16.2. The lowest BCUT2D eigenvalue weighted by Crippen LogP contribution is -2.42. The number of amides is 2. The van der Waals surface area contributed by atoms with Gasteiger partial charge in [0.1, 0.15) is 5.75 Å². The number of ether oxygens (including phenoxy) is 1. The Bertz CT molecular complexity index is 1140. The second-order valence-electron chi connectivity index (χ2n) is 8.70. The minimum absolute atomic E-state index is 0.0622. The van der Waals surface area contributed by atoms with Crippen molar-refractivity contribution in [3.05, 3.63) is 101 Å². The molecule has 3 aliphatic rings. The minimum Gasteiger partial charge on any atom is -0.493 e. The van der Waals surface area contributed by atoms with Gasteiger partial charge in [-0.3, -0.25) is 9.59 Å². The van der Waals surface area contributed by atoms with Gasteiger partial charge < -0.3 is 15.4 Å². The lowest BCUT2D eigenvalue weighted by molar-refractivity contribution is -0.120. The molecule has 3 aromatic rings. The van der Waals surface area contributed by atoms with E-state index in [-0.39, 0.29) is 24.3 Å². The maximum atomic E-state index is 12.6. The quantitative estimate of drug-likeness (QED) is 0.578. The summed E-state index contributed by atoms with van der Waals surface area (Å²) in [6.45, 7) is 2.87. The Hall–Kier alpha value is -3.60. The van der Waals surface area contributed by atoms with Gasteiger partial charge in [-0.05, 0) is 53.6 Å². The van der Waals surface area contributed by atoms with Crippen molar-refractivity contribution >= 4 is 11.8 Å². The number of para-hydroxylation sites is 1. The predicted octanol–water partition coefficient (Wildman–Crippen LogP) is 4.23. The number of benzene rings is 3. The van der Waals surface area contributed by atoms with E-state index in [1.165, 1.54) is 22.3 Å². The summed E-state index contributed by atoms with van der Waals surface area (Å²) in [5, 5.41) is 5.78. The first-order valence-electron chi connectivity index (χ1n) is 11.6. The van der Waals surface area contributed by atoms with Gasteiger partial charge in [-0.25, -0.2) is 0 Å². The summed E-state index contributed by atoms with van der Waals surface area (Å²) in [4.78, 5) is 25.1. The van der Waals surface area contributed by atoms with Gasteiger partial charge in [-0.1, -0.05) is 60.7 Å². The highest BCUT2D eigenvalue weighted by atomic mass is 16.5. The Morgan fingerprint density at radius 2 is 1.45 bits per heavy atom. The molecule has 0 spiro atoms. The van der Waals surface area contributed by atoms with E-state index in [4.69, 9.17) is 4.74 Å². The van der Waals surface area contributed by atoms with E-state index in [9.17, 15) is 9.59 Å². The van der Waals surface area contributed by atoms with Crippen molar-refractivity contribution < 1.29 is 14.3 Å². The van der Waals surface area contributed by atoms with Crippen LogP contribution in [0.1, 0.15) is 57.8 Å². The van der Waals surface area contributed by atoms with Crippen LogP contribution < -0.4 is 15.4 Å². The van der Waals surface area contributed by atoms with Crippen LogP contribution >= 0.6 is 0 Å². The zero-order valence-corrected chi connectivity index (χ0v) is 18.7. The molecule has 168 valence electrons. The highest BCUT2D eigenvalue weighted by Gasteiger charge is 2.42. The molecule has 0 unspecified atom stereocenters. The number of hydrogen-bond donors (Lipinski definition) is 2. The Balaban J connectivity index is 1.23. The van der Waals surface area contributed by atoms with Crippen molar-refractivity contribution in [3.63, 3.8) is 0 Å². The first-order valence-corrected chi connectivity index (χ1v) is 11.6. The standard InChI is InChI=1S/C28H28N2O3/c1-2-33-25-14-8-7-13-23(25)28(32)30-17-26(31)29-16-18-15-24-19-9-3-5-11-21(19)27(18)22-12-6-4-10-20(22)24/h3-14,18,24,27H,2,15-17H2,1H3,(H,29,31)(H,30,32)/t18-,24?,27?/m1/s1. The lowest BCUT2D eigenvalue weighted by Gasteiger charge is -2.45. The summed E-state index contributed by atoms with van der Waals surface area (Å²) in [7, 11) is 0. The molecule has 5 nitrogen and oxygen atoms in total. The van der Waals surface area contributed by atoms with Crippen LogP contribution in [-0.4, -0.2) is 31.5 Å². The molecule has 0 fully saturated rings. The summed E-state index contributed by atoms with van der Waals surface area (Å²) in [6, 6.07) is 24.4. The molecule has 3 aliphatic carbocycles. The van der Waals surface area contributed by atoms with E-state index < -0.39 is 0 Å². The van der Waals surface area contributed by atoms with Crippen LogP contribution in [0.25, 0.3) is 0 Å². The van der Waals surface area contributed by atoms with Crippen molar-refractivity contribution in [1.29, 1.82) is 0 Å². The number of carbonyl (C=O) groups excluding carboxylic acids is 2. The normalized spacial score (nSPS) is 19.8. The molecule has 2 bridgehead atoms. The van der Waals surface area contributed by atoms with E-state index >= 15 is 0 Å². The molecule has 0 radical (unpaired) electrons. The average molecular weight is 441 g/mol. The predicted molar refractivity (Wildman–Crippen MR) is 128 cm³/mol. The van der Waals surface area contributed by atoms with Gasteiger partial charge in [0, 0.05) is 18.4 Å². The van der Waals surface area contributed by atoms with Gasteiger partial charge in [0.25, 0.3) is 5.91 Å². The van der Waals surface area contributed by atoms with Crippen LogP contribution in [-0.2, 0) is 4.79 Å². The summed E-state index contributed by atoms with van der Waals surface area (Å²) in [6.07, 6.45) is 1.02. The van der Waals surface area contributed by atoms with E-state index in [0.29, 0.717) is 36.3 Å². The van der Waals surface area contributed by atoms with Crippen LogP contribution in [0.15, 0.2) is 72.8 Å². The van der Waals surface area contributed by atoms with Crippen molar-refractivity contribution in [3.8, 4) is 5.75 Å². The summed E-state index contributed by atoms with van der Waals surface area (Å²) >= 11 is 0. The molecule has 33 heavy (non-hydrogen) atoms. The summed E-state index contributed by atoms with van der Waals surface area (Å²) < 4.78 is 5.52. The smallest absolute Gasteiger partial charge is 0.255 e. The largest absolute Gasteiger partial charge is 0.493 e. The summed E-state index contributed by atoms with van der Waals surface area (Å²) in [5.41, 5.74) is 6.04. The maximum Gasteiger partial charge on any atom is 0.255 e. The lowest BCUT2D eigenvalue weighted by atomic mass is 9.59. The fourth-order valence-corrected chi connectivity index (χ4v) is 5.46. The molecule has 0 aliphatic heterocycles. The molecule has 0 heterocycles. The average Bonchev–Trinajstić information content (AvgIpc) is 2.86. The van der Waals surface area contributed by atoms with Gasteiger partial charge in [0.05, 0.1) is 18.7 Å². The molecule has 2 amide bonds. The monoisotopic (exact) mass is 440 g/mol. The van der Waals surface area contributed by atoms with Crippen molar-refractivity contribution in [2.45, 2.75) is 25.2 Å². The molecule has 0 aromatic heterocycles. The van der Waals surface area contributed by atoms with Crippen LogP contribution in [0, 0.1) is 5.92 Å². The molecular formula is C28H28N2O3. The molecule has 3 aromatic carbocycles. The second-order valence-corrected chi connectivity index (χ2v) is 8.70. The highest BCUT2D eigenvalue weighted by molar-refractivity contribution is 5.98. The number of hydrogen-bond acceptors (Lipinski definition) is 3. The second kappa shape index (κ2) is 9.10. The SMILES string of the molecule is CCOc1ccccc1C(=O)NCC(=O)NC[C@H]1CC2c3ccccc3C1c1ccccc12. The van der Waals surface area contributed by atoms with Gasteiger partial charge in [-0.15, -0.1) is 0 Å². The first kappa shape index (κ1) is 21.3. The van der Waals surface area contributed by atoms with Crippen LogP contribution in [0.2, 0.25) is 0 Å². The number of rotatable bonds is 7. The van der Waals surface area contributed by atoms with E-state index in [2.05, 4.69) is 59.2 Å². The third kappa shape index (κ3) is 3.99. The number of fused-ring (bicyclic) bond motifs is 1. The Kier molecular flexibility index (Phi) is 5.86. The van der Waals surface area contributed by atoms with Gasteiger partial charge in [-0.2, -0.15) is 0 Å². The number of carbonyl (C=O) groups is 2. The fourth-order valence-electron chi connectivity index (χ4n) is 5.46. The molecule has 0 saturated heterocycles. The van der Waals surface area contributed by atoms with Gasteiger partial charge in [0.2, 0.25) is 5.91 Å². The maximum absolute atomic E-state index is 12.6. The van der Waals surface area contributed by atoms with Crippen molar-refractivity contribution in [1.82, 2.24) is 10.6 Å². The van der Waals surface area contributed by atoms with Crippen LogP contribution in [0.4, 0.5) is 0 Å². The van der Waals surface area contributed by atoms with E-state index in [0.717, 1.165) is 6.42 Å². The van der Waals surface area contributed by atoms with Gasteiger partial charge >= 0.3 is 0 Å². The topological polar surface area (TPSA) is 67.4 Å². The Labute approximate surface area is 194 Å². The van der Waals surface area contributed by atoms with E-state index in [1.807, 2.05) is 13.0 Å². The zero-order valence-electron chi connectivity index (χ0n) is 18.7. The molecule has 2 N–H and O–H groups in total. The zero-order chi connectivity index (χ0) is 22.8. The third-order valence-corrected chi connectivity index (χ3v) is 6.83. The highest BCUT2D eigenvalue weighted by Crippen LogP contribution is 2.55. The van der Waals surface area contributed by atoms with Gasteiger partial charge in [0.15, 0.2) is 0 Å². The molecular weight excluding hydrogens is 412 g/mol. The molecule has 6 rings (SSSR count). The third-order valence-electron chi connectivity index (χ3n) is 6.83. The summed E-state index contributed by atoms with van der Waals surface area (Å²) in [5.74, 6) is 1.02. The molecule has 5 heteroatoms. The molecule has 1 atom stereocenters. The van der Waals surface area contributed by atoms with E-state index in [1.54, 1.807) is 18.2 Å².